The fraction of sp³-hybridized carbons (Fsp3) is 0.417. The molecule has 1 atom stereocenters. The molecule has 6 heteroatoms. The SMILES string of the molecule is Cc1ccccc1CN(C(=O)CSCc1ccc(F)cc1)C(C)C(=O)NC(C)(C)C. The highest BCUT2D eigenvalue weighted by molar-refractivity contribution is 7.99. The Hall–Kier alpha value is -2.34. The van der Waals surface area contributed by atoms with Crippen LogP contribution in [-0.2, 0) is 21.9 Å². The third-order valence-corrected chi connectivity index (χ3v) is 5.66. The maximum atomic E-state index is 13.1. The van der Waals surface area contributed by atoms with Crippen molar-refractivity contribution in [1.82, 2.24) is 10.2 Å². The molecule has 2 amide bonds. The molecule has 2 aromatic carbocycles. The van der Waals surface area contributed by atoms with Crippen molar-refractivity contribution in [3.8, 4) is 0 Å². The first kappa shape index (κ1) is 23.9. The van der Waals surface area contributed by atoms with Crippen LogP contribution in [-0.4, -0.2) is 34.0 Å². The Morgan fingerprint density at radius 1 is 1.10 bits per heavy atom. The summed E-state index contributed by atoms with van der Waals surface area (Å²) in [5.74, 6) is 0.307. The number of aryl methyl sites for hydroxylation is 1. The van der Waals surface area contributed by atoms with E-state index in [0.717, 1.165) is 16.7 Å². The molecule has 0 radical (unpaired) electrons. The molecule has 4 nitrogen and oxygen atoms in total. The van der Waals surface area contributed by atoms with E-state index in [4.69, 9.17) is 0 Å². The largest absolute Gasteiger partial charge is 0.350 e. The minimum absolute atomic E-state index is 0.0954. The number of nitrogens with one attached hydrogen (secondary N) is 1. The number of amides is 2. The van der Waals surface area contributed by atoms with Gasteiger partial charge in [-0.3, -0.25) is 9.59 Å². The van der Waals surface area contributed by atoms with Crippen LogP contribution in [0.4, 0.5) is 4.39 Å². The number of carbonyl (C=O) groups excluding carboxylic acids is 2. The summed E-state index contributed by atoms with van der Waals surface area (Å²) in [6.07, 6.45) is 0. The lowest BCUT2D eigenvalue weighted by molar-refractivity contribution is -0.139. The number of rotatable bonds is 8. The smallest absolute Gasteiger partial charge is 0.242 e. The topological polar surface area (TPSA) is 49.4 Å². The number of hydrogen-bond acceptors (Lipinski definition) is 3. The summed E-state index contributed by atoms with van der Waals surface area (Å²) in [6, 6.07) is 13.6. The van der Waals surface area contributed by atoms with Crippen LogP contribution >= 0.6 is 11.8 Å². The van der Waals surface area contributed by atoms with E-state index in [1.165, 1.54) is 23.9 Å². The molecule has 2 rings (SSSR count). The molecule has 1 N–H and O–H groups in total. The molecule has 162 valence electrons. The summed E-state index contributed by atoms with van der Waals surface area (Å²) in [5.41, 5.74) is 2.68. The summed E-state index contributed by atoms with van der Waals surface area (Å²) in [4.78, 5) is 27.5. The maximum absolute atomic E-state index is 13.1. The Morgan fingerprint density at radius 3 is 2.33 bits per heavy atom. The van der Waals surface area contributed by atoms with E-state index in [1.54, 1.807) is 24.0 Å². The van der Waals surface area contributed by atoms with E-state index in [1.807, 2.05) is 52.0 Å². The van der Waals surface area contributed by atoms with Gasteiger partial charge in [-0.25, -0.2) is 4.39 Å². The van der Waals surface area contributed by atoms with Crippen LogP contribution in [0.1, 0.15) is 44.4 Å². The Morgan fingerprint density at radius 2 is 1.73 bits per heavy atom. The molecule has 0 saturated carbocycles. The second-order valence-electron chi connectivity index (χ2n) is 8.48. The molecule has 0 spiro atoms. The minimum atomic E-state index is -0.595. The van der Waals surface area contributed by atoms with Crippen LogP contribution in [0.2, 0.25) is 0 Å². The number of benzene rings is 2. The first-order valence-electron chi connectivity index (χ1n) is 10.0. The number of thioether (sulfide) groups is 1. The van der Waals surface area contributed by atoms with Crippen molar-refractivity contribution in [2.24, 2.45) is 0 Å². The van der Waals surface area contributed by atoms with E-state index in [2.05, 4.69) is 5.32 Å². The van der Waals surface area contributed by atoms with Gasteiger partial charge < -0.3 is 10.2 Å². The van der Waals surface area contributed by atoms with Crippen molar-refractivity contribution in [1.29, 1.82) is 0 Å². The zero-order valence-corrected chi connectivity index (χ0v) is 19.2. The Balaban J connectivity index is 2.10. The zero-order valence-electron chi connectivity index (χ0n) is 18.4. The lowest BCUT2D eigenvalue weighted by atomic mass is 10.1. The highest BCUT2D eigenvalue weighted by Gasteiger charge is 2.28. The highest BCUT2D eigenvalue weighted by atomic mass is 32.2. The molecule has 0 bridgehead atoms. The van der Waals surface area contributed by atoms with Gasteiger partial charge >= 0.3 is 0 Å². The molecule has 0 heterocycles. The van der Waals surface area contributed by atoms with E-state index in [-0.39, 0.29) is 28.9 Å². The Kier molecular flexibility index (Phi) is 8.47. The molecular weight excluding hydrogens is 399 g/mol. The molecule has 1 unspecified atom stereocenters. The molecular formula is C24H31FN2O2S. The van der Waals surface area contributed by atoms with Gasteiger partial charge in [0.15, 0.2) is 0 Å². The van der Waals surface area contributed by atoms with Crippen LogP contribution in [0, 0.1) is 12.7 Å². The molecule has 30 heavy (non-hydrogen) atoms. The first-order chi connectivity index (χ1) is 14.1. The molecule has 0 aliphatic rings. The van der Waals surface area contributed by atoms with Gasteiger partial charge in [0.05, 0.1) is 5.75 Å². The summed E-state index contributed by atoms with van der Waals surface area (Å²) >= 11 is 1.46. The second kappa shape index (κ2) is 10.6. The van der Waals surface area contributed by atoms with Crippen LogP contribution < -0.4 is 5.32 Å². The lowest BCUT2D eigenvalue weighted by Crippen LogP contribution is -2.52. The third-order valence-electron chi connectivity index (χ3n) is 4.67. The molecule has 0 saturated heterocycles. The van der Waals surface area contributed by atoms with E-state index >= 15 is 0 Å². The Labute approximate surface area is 183 Å². The van der Waals surface area contributed by atoms with Gasteiger partial charge in [-0.1, -0.05) is 36.4 Å². The Bertz CT molecular complexity index is 862. The second-order valence-corrected chi connectivity index (χ2v) is 9.47. The van der Waals surface area contributed by atoms with Gasteiger partial charge in [-0.2, -0.15) is 0 Å². The average molecular weight is 431 g/mol. The molecule has 0 fully saturated rings. The summed E-state index contributed by atoms with van der Waals surface area (Å²) in [5, 5.41) is 2.97. The van der Waals surface area contributed by atoms with Crippen molar-refractivity contribution in [3.05, 3.63) is 71.0 Å². The quantitative estimate of drug-likeness (QED) is 0.660. The van der Waals surface area contributed by atoms with Crippen molar-refractivity contribution in [2.75, 3.05) is 5.75 Å². The average Bonchev–Trinajstić information content (AvgIpc) is 2.67. The van der Waals surface area contributed by atoms with Gasteiger partial charge in [0.25, 0.3) is 0 Å². The molecule has 0 aliphatic heterocycles. The lowest BCUT2D eigenvalue weighted by Gasteiger charge is -2.31. The van der Waals surface area contributed by atoms with Gasteiger partial charge in [0, 0.05) is 17.8 Å². The van der Waals surface area contributed by atoms with Crippen LogP contribution in [0.5, 0.6) is 0 Å². The normalized spacial score (nSPS) is 12.3. The van der Waals surface area contributed by atoms with Crippen LogP contribution in [0.3, 0.4) is 0 Å². The van der Waals surface area contributed by atoms with Gasteiger partial charge in [-0.15, -0.1) is 11.8 Å². The minimum Gasteiger partial charge on any atom is -0.350 e. The van der Waals surface area contributed by atoms with E-state index < -0.39 is 6.04 Å². The van der Waals surface area contributed by atoms with Crippen molar-refractivity contribution >= 4 is 23.6 Å². The number of nitrogens with zero attached hydrogens (tertiary/aromatic N) is 1. The fourth-order valence-corrected chi connectivity index (χ4v) is 3.82. The summed E-state index contributed by atoms with van der Waals surface area (Å²) in [7, 11) is 0. The third kappa shape index (κ3) is 7.48. The first-order valence-corrected chi connectivity index (χ1v) is 11.2. The highest BCUT2D eigenvalue weighted by Crippen LogP contribution is 2.18. The number of halogens is 1. The van der Waals surface area contributed by atoms with E-state index in [0.29, 0.717) is 12.3 Å². The van der Waals surface area contributed by atoms with Gasteiger partial charge in [0.2, 0.25) is 11.8 Å². The van der Waals surface area contributed by atoms with E-state index in [9.17, 15) is 14.0 Å². The predicted molar refractivity (Wildman–Crippen MR) is 122 cm³/mol. The van der Waals surface area contributed by atoms with Crippen LogP contribution in [0.15, 0.2) is 48.5 Å². The standard InChI is InChI=1S/C24H31FN2O2S/c1-17-8-6-7-9-20(17)14-27(18(2)23(29)26-24(3,4)5)22(28)16-30-15-19-10-12-21(25)13-11-19/h6-13,18H,14-16H2,1-5H3,(H,26,29). The predicted octanol–water partition coefficient (Wildman–Crippen LogP) is 4.70. The van der Waals surface area contributed by atoms with Gasteiger partial charge in [-0.05, 0) is 63.4 Å². The van der Waals surface area contributed by atoms with Crippen molar-refractivity contribution in [2.45, 2.75) is 58.5 Å². The van der Waals surface area contributed by atoms with Crippen LogP contribution in [0.25, 0.3) is 0 Å². The molecule has 0 aromatic heterocycles. The summed E-state index contributed by atoms with van der Waals surface area (Å²) in [6.45, 7) is 9.90. The maximum Gasteiger partial charge on any atom is 0.242 e. The molecule has 2 aromatic rings. The number of hydrogen-bond donors (Lipinski definition) is 1. The molecule has 0 aliphatic carbocycles. The van der Waals surface area contributed by atoms with Crippen molar-refractivity contribution < 1.29 is 14.0 Å². The summed E-state index contributed by atoms with van der Waals surface area (Å²) < 4.78 is 13.1. The van der Waals surface area contributed by atoms with Gasteiger partial charge in [0.1, 0.15) is 11.9 Å². The fourth-order valence-electron chi connectivity index (χ4n) is 2.95. The number of carbonyl (C=O) groups is 2. The monoisotopic (exact) mass is 430 g/mol. The zero-order chi connectivity index (χ0) is 22.3. The van der Waals surface area contributed by atoms with Crippen molar-refractivity contribution in [3.63, 3.8) is 0 Å².